The molecule has 6 nitrogen and oxygen atoms in total. The van der Waals surface area contributed by atoms with Crippen molar-refractivity contribution < 1.29 is 19.4 Å². The molecule has 0 heterocycles. The quantitative estimate of drug-likeness (QED) is 0.792. The Labute approximate surface area is 149 Å². The Morgan fingerprint density at radius 2 is 1.92 bits per heavy atom. The van der Waals surface area contributed by atoms with Crippen LogP contribution in [0.5, 0.6) is 0 Å². The van der Waals surface area contributed by atoms with Gasteiger partial charge in [0.25, 0.3) is 0 Å². The number of amides is 1. The van der Waals surface area contributed by atoms with E-state index in [0.717, 1.165) is 31.2 Å². The van der Waals surface area contributed by atoms with Gasteiger partial charge >= 0.3 is 12.1 Å². The minimum atomic E-state index is -0.843. The molecule has 0 aromatic heterocycles. The molecule has 2 atom stereocenters. The molecule has 1 fully saturated rings. The number of nitrogens with one attached hydrogen (secondary N) is 1. The van der Waals surface area contributed by atoms with Gasteiger partial charge in [-0.2, -0.15) is 0 Å². The summed E-state index contributed by atoms with van der Waals surface area (Å²) < 4.78 is 5.32. The van der Waals surface area contributed by atoms with E-state index in [1.54, 1.807) is 0 Å². The van der Waals surface area contributed by atoms with Gasteiger partial charge in [-0.05, 0) is 32.3 Å². The largest absolute Gasteiger partial charge is 0.480 e. The van der Waals surface area contributed by atoms with Crippen LogP contribution < -0.4 is 5.32 Å². The molecule has 25 heavy (non-hydrogen) atoms. The molecule has 6 heteroatoms. The highest BCUT2D eigenvalue weighted by Crippen LogP contribution is 2.25. The maximum absolute atomic E-state index is 12.2. The highest BCUT2D eigenvalue weighted by atomic mass is 16.5. The lowest BCUT2D eigenvalue weighted by molar-refractivity contribution is -0.139. The number of carbonyl (C=O) groups excluding carboxylic acids is 1. The summed E-state index contributed by atoms with van der Waals surface area (Å²) in [6, 6.07) is 9.57. The molecule has 0 saturated heterocycles. The Kier molecular flexibility index (Phi) is 7.25. The number of nitrogens with zero attached hydrogens (tertiary/aromatic N) is 1. The van der Waals surface area contributed by atoms with Crippen LogP contribution in [0.4, 0.5) is 4.79 Å². The molecule has 0 radical (unpaired) electrons. The average Bonchev–Trinajstić information content (AvgIpc) is 2.59. The average molecular weight is 348 g/mol. The number of carboxylic acid groups (broad SMARTS) is 1. The van der Waals surface area contributed by atoms with Gasteiger partial charge in [-0.1, -0.05) is 43.2 Å². The standard InChI is InChI=1S/C19H28N2O4/c1-14(2)21(12-18(22)23)17-11-7-6-10-16(17)20-19(24)25-13-15-8-4-3-5-9-15/h3-5,8-9,14,16-17H,6-7,10-13H2,1-2H3,(H,20,24)(H,22,23)/t16-,17-/m1/s1. The molecule has 2 N–H and O–H groups in total. The number of hydrogen-bond donors (Lipinski definition) is 2. The Hall–Kier alpha value is -2.08. The molecule has 0 unspecified atom stereocenters. The van der Waals surface area contributed by atoms with Crippen LogP contribution in [0.1, 0.15) is 45.1 Å². The van der Waals surface area contributed by atoms with Gasteiger partial charge in [0.05, 0.1) is 6.54 Å². The first-order chi connectivity index (χ1) is 12.0. The molecule has 1 amide bonds. The summed E-state index contributed by atoms with van der Waals surface area (Å²) in [7, 11) is 0. The minimum Gasteiger partial charge on any atom is -0.480 e. The van der Waals surface area contributed by atoms with Crippen molar-refractivity contribution in [3.8, 4) is 0 Å². The van der Waals surface area contributed by atoms with E-state index in [0.29, 0.717) is 0 Å². The molecule has 1 aliphatic rings. The molecule has 1 saturated carbocycles. The van der Waals surface area contributed by atoms with Crippen LogP contribution >= 0.6 is 0 Å². The second-order valence-corrected chi connectivity index (χ2v) is 6.82. The van der Waals surface area contributed by atoms with Crippen molar-refractivity contribution in [3.63, 3.8) is 0 Å². The molecule has 2 rings (SSSR count). The van der Waals surface area contributed by atoms with Crippen molar-refractivity contribution in [1.29, 1.82) is 0 Å². The second-order valence-electron chi connectivity index (χ2n) is 6.82. The number of carbonyl (C=O) groups is 2. The predicted octanol–water partition coefficient (Wildman–Crippen LogP) is 3.02. The van der Waals surface area contributed by atoms with Crippen LogP contribution in [-0.2, 0) is 16.1 Å². The predicted molar refractivity (Wildman–Crippen MR) is 95.3 cm³/mol. The molecule has 1 aromatic rings. The molecule has 138 valence electrons. The lowest BCUT2D eigenvalue weighted by atomic mass is 9.88. The van der Waals surface area contributed by atoms with Crippen LogP contribution in [0.3, 0.4) is 0 Å². The Balaban J connectivity index is 1.94. The molecular formula is C19H28N2O4. The van der Waals surface area contributed by atoms with E-state index in [4.69, 9.17) is 4.74 Å². The first-order valence-corrected chi connectivity index (χ1v) is 8.92. The molecule has 1 aliphatic carbocycles. The first-order valence-electron chi connectivity index (χ1n) is 8.92. The highest BCUT2D eigenvalue weighted by molar-refractivity contribution is 5.69. The third kappa shape index (κ3) is 6.05. The van der Waals surface area contributed by atoms with E-state index in [9.17, 15) is 14.7 Å². The normalized spacial score (nSPS) is 20.5. The summed E-state index contributed by atoms with van der Waals surface area (Å²) in [6.45, 7) is 4.19. The SMILES string of the molecule is CC(C)N(CC(=O)O)[C@@H]1CCCC[C@H]1NC(=O)OCc1ccccc1. The van der Waals surface area contributed by atoms with Gasteiger partial charge in [-0.25, -0.2) is 4.79 Å². The van der Waals surface area contributed by atoms with Crippen LogP contribution in [0.15, 0.2) is 30.3 Å². The lowest BCUT2D eigenvalue weighted by Gasteiger charge is -2.41. The van der Waals surface area contributed by atoms with E-state index < -0.39 is 12.1 Å². The Morgan fingerprint density at radius 1 is 1.24 bits per heavy atom. The van der Waals surface area contributed by atoms with Gasteiger partial charge in [0.15, 0.2) is 0 Å². The number of carboxylic acids is 1. The molecule has 1 aromatic carbocycles. The Bertz CT molecular complexity index is 562. The van der Waals surface area contributed by atoms with Crippen LogP contribution in [0, 0.1) is 0 Å². The number of aliphatic carboxylic acids is 1. The zero-order valence-corrected chi connectivity index (χ0v) is 15.0. The third-order valence-corrected chi connectivity index (χ3v) is 4.65. The molecule has 0 spiro atoms. The molecule has 0 bridgehead atoms. The molecular weight excluding hydrogens is 320 g/mol. The van der Waals surface area contributed by atoms with Crippen molar-refractivity contribution in [3.05, 3.63) is 35.9 Å². The van der Waals surface area contributed by atoms with Gasteiger partial charge in [0, 0.05) is 18.1 Å². The summed E-state index contributed by atoms with van der Waals surface area (Å²) in [5.74, 6) is -0.843. The maximum Gasteiger partial charge on any atom is 0.407 e. The van der Waals surface area contributed by atoms with Gasteiger partial charge in [0.2, 0.25) is 0 Å². The fourth-order valence-electron chi connectivity index (χ4n) is 3.43. The maximum atomic E-state index is 12.2. The number of ether oxygens (including phenoxy) is 1. The first kappa shape index (κ1) is 19.2. The van der Waals surface area contributed by atoms with Gasteiger partial charge in [0.1, 0.15) is 6.61 Å². The van der Waals surface area contributed by atoms with E-state index in [1.807, 2.05) is 49.1 Å². The number of alkyl carbamates (subject to hydrolysis) is 1. The third-order valence-electron chi connectivity index (χ3n) is 4.65. The summed E-state index contributed by atoms with van der Waals surface area (Å²) in [5.41, 5.74) is 0.938. The number of rotatable bonds is 7. The van der Waals surface area contributed by atoms with Crippen molar-refractivity contribution >= 4 is 12.1 Å². The van der Waals surface area contributed by atoms with E-state index >= 15 is 0 Å². The van der Waals surface area contributed by atoms with Gasteiger partial charge < -0.3 is 15.2 Å². The summed E-state index contributed by atoms with van der Waals surface area (Å²) in [5, 5.41) is 12.1. The summed E-state index contributed by atoms with van der Waals surface area (Å²) >= 11 is 0. The molecule has 0 aliphatic heterocycles. The van der Waals surface area contributed by atoms with Crippen LogP contribution in [0.2, 0.25) is 0 Å². The van der Waals surface area contributed by atoms with Crippen molar-refractivity contribution in [2.45, 2.75) is 64.3 Å². The van der Waals surface area contributed by atoms with E-state index in [1.165, 1.54) is 0 Å². The summed E-state index contributed by atoms with van der Waals surface area (Å²) in [6.07, 6.45) is 3.35. The fourth-order valence-corrected chi connectivity index (χ4v) is 3.43. The monoisotopic (exact) mass is 348 g/mol. The number of hydrogen-bond acceptors (Lipinski definition) is 4. The van der Waals surface area contributed by atoms with Crippen LogP contribution in [-0.4, -0.2) is 46.7 Å². The van der Waals surface area contributed by atoms with Crippen molar-refractivity contribution in [2.24, 2.45) is 0 Å². The second kappa shape index (κ2) is 9.42. The fraction of sp³-hybridized carbons (Fsp3) is 0.579. The zero-order chi connectivity index (χ0) is 18.2. The van der Waals surface area contributed by atoms with Crippen molar-refractivity contribution in [2.75, 3.05) is 6.54 Å². The van der Waals surface area contributed by atoms with Gasteiger partial charge in [-0.3, -0.25) is 9.69 Å². The Morgan fingerprint density at radius 3 is 2.56 bits per heavy atom. The van der Waals surface area contributed by atoms with Crippen molar-refractivity contribution in [1.82, 2.24) is 10.2 Å². The lowest BCUT2D eigenvalue weighted by Crippen LogP contribution is -2.56. The zero-order valence-electron chi connectivity index (χ0n) is 15.0. The minimum absolute atomic E-state index is 0.0143. The number of benzene rings is 1. The van der Waals surface area contributed by atoms with Gasteiger partial charge in [-0.15, -0.1) is 0 Å². The summed E-state index contributed by atoms with van der Waals surface area (Å²) in [4.78, 5) is 25.3. The van der Waals surface area contributed by atoms with E-state index in [-0.39, 0.29) is 31.3 Å². The van der Waals surface area contributed by atoms with E-state index in [2.05, 4.69) is 5.32 Å². The smallest absolute Gasteiger partial charge is 0.407 e. The van der Waals surface area contributed by atoms with Crippen LogP contribution in [0.25, 0.3) is 0 Å². The highest BCUT2D eigenvalue weighted by Gasteiger charge is 2.33. The topological polar surface area (TPSA) is 78.9 Å².